The fourth-order valence-electron chi connectivity index (χ4n) is 9.55. The lowest BCUT2D eigenvalue weighted by molar-refractivity contribution is -0.226. The predicted molar refractivity (Wildman–Crippen MR) is 234 cm³/mol. The van der Waals surface area contributed by atoms with Crippen LogP contribution in [-0.4, -0.2) is 68.0 Å². The second-order valence-corrected chi connectivity index (χ2v) is 18.8. The Bertz CT molecular complexity index is 1440. The van der Waals surface area contributed by atoms with E-state index >= 15 is 0 Å². The minimum Gasteiger partial charge on any atom is -0.463 e. The molecule has 1 aliphatic heterocycles. The molecular formula is C47H88N2O9. The first kappa shape index (κ1) is 57.1. The highest BCUT2D eigenvalue weighted by molar-refractivity contribution is 5.83. The van der Waals surface area contributed by atoms with Crippen LogP contribution in [0, 0.1) is 28.1 Å². The van der Waals surface area contributed by atoms with Crippen molar-refractivity contribution in [2.24, 2.45) is 28.1 Å². The molecule has 5 aliphatic rings. The Hall–Kier alpha value is -2.95. The molecule has 1 N–H and O–H groups in total. The third kappa shape index (κ3) is 13.0. The van der Waals surface area contributed by atoms with E-state index in [4.69, 9.17) is 18.9 Å². The summed E-state index contributed by atoms with van der Waals surface area (Å²) in [7, 11) is 0. The average molecular weight is 825 g/mol. The molecule has 7 atom stereocenters. The Morgan fingerprint density at radius 1 is 0.845 bits per heavy atom. The molecule has 11 nitrogen and oxygen atoms in total. The number of rotatable bonds is 17. The fraction of sp³-hybridized carbons (Fsp3) is 0.851. The number of cyclic esters (lactones) is 1. The maximum atomic E-state index is 14.2. The molecular weight excluding hydrogens is 737 g/mol. The van der Waals surface area contributed by atoms with Gasteiger partial charge in [-0.2, -0.15) is 0 Å². The first-order valence-corrected chi connectivity index (χ1v) is 19.8. The van der Waals surface area contributed by atoms with E-state index in [0.29, 0.717) is 56.8 Å². The van der Waals surface area contributed by atoms with Gasteiger partial charge in [-0.25, -0.2) is 9.78 Å². The van der Waals surface area contributed by atoms with Crippen molar-refractivity contribution in [2.75, 3.05) is 6.61 Å². The molecule has 340 valence electrons. The molecule has 0 aromatic carbocycles. The number of aromatic nitrogens is 2. The van der Waals surface area contributed by atoms with Gasteiger partial charge >= 0.3 is 23.9 Å². The van der Waals surface area contributed by atoms with Crippen LogP contribution in [0.3, 0.4) is 0 Å². The highest BCUT2D eigenvalue weighted by Crippen LogP contribution is 2.59. The van der Waals surface area contributed by atoms with Gasteiger partial charge in [0.15, 0.2) is 0 Å². The summed E-state index contributed by atoms with van der Waals surface area (Å²) in [5, 5.41) is 11.3. The minimum atomic E-state index is -1.13. The van der Waals surface area contributed by atoms with Crippen molar-refractivity contribution in [1.82, 2.24) is 9.55 Å². The summed E-state index contributed by atoms with van der Waals surface area (Å²) in [6, 6.07) is 0.139. The number of esters is 4. The quantitative estimate of drug-likeness (QED) is 0.119. The van der Waals surface area contributed by atoms with E-state index in [-0.39, 0.29) is 82.0 Å². The van der Waals surface area contributed by atoms with Crippen molar-refractivity contribution >= 4 is 23.9 Å². The third-order valence-electron chi connectivity index (χ3n) is 13.0. The number of carbonyl (C=O) groups is 4. The smallest absolute Gasteiger partial charge is 0.347 e. The summed E-state index contributed by atoms with van der Waals surface area (Å²) in [6.07, 6.45) is 13.3. The van der Waals surface area contributed by atoms with Gasteiger partial charge in [0, 0.05) is 31.3 Å². The van der Waals surface area contributed by atoms with Gasteiger partial charge in [-0.05, 0) is 137 Å². The molecule has 4 saturated carbocycles. The maximum absolute atomic E-state index is 14.2. The van der Waals surface area contributed by atoms with Crippen LogP contribution in [-0.2, 0) is 38.1 Å². The van der Waals surface area contributed by atoms with Gasteiger partial charge in [0.05, 0.1) is 34.8 Å². The van der Waals surface area contributed by atoms with Crippen LogP contribution in [0.1, 0.15) is 202 Å². The molecule has 2 heterocycles. The number of nitrogens with zero attached hydrogens (tertiary/aromatic N) is 2. The highest BCUT2D eigenvalue weighted by atomic mass is 16.6. The summed E-state index contributed by atoms with van der Waals surface area (Å²) in [6.45, 7) is 15.4. The van der Waals surface area contributed by atoms with Crippen LogP contribution in [0.15, 0.2) is 18.7 Å². The number of hydrogen-bond donors (Lipinski definition) is 1. The molecule has 6 rings (SSSR count). The summed E-state index contributed by atoms with van der Waals surface area (Å²) in [5.41, 5.74) is -5.05. The fourth-order valence-corrected chi connectivity index (χ4v) is 9.55. The molecule has 4 aliphatic carbocycles. The van der Waals surface area contributed by atoms with Crippen molar-refractivity contribution in [2.45, 2.75) is 225 Å². The lowest BCUT2D eigenvalue weighted by Crippen LogP contribution is -2.61. The Morgan fingerprint density at radius 3 is 1.84 bits per heavy atom. The van der Waals surface area contributed by atoms with Gasteiger partial charge in [0.2, 0.25) is 6.10 Å². The van der Waals surface area contributed by atoms with Crippen molar-refractivity contribution in [3.05, 3.63) is 18.7 Å². The first-order valence-electron chi connectivity index (χ1n) is 19.8. The molecule has 5 fully saturated rings. The van der Waals surface area contributed by atoms with Crippen molar-refractivity contribution in [1.29, 1.82) is 0 Å². The average Bonchev–Trinajstić information content (AvgIpc) is 3.73. The lowest BCUT2D eigenvalue weighted by Gasteiger charge is -2.59. The third-order valence-corrected chi connectivity index (χ3v) is 13.0. The van der Waals surface area contributed by atoms with E-state index in [1.807, 2.05) is 54.7 Å². The van der Waals surface area contributed by atoms with Gasteiger partial charge < -0.3 is 28.6 Å². The zero-order valence-corrected chi connectivity index (χ0v) is 33.0. The number of hydrogen-bond acceptors (Lipinski definition) is 10. The van der Waals surface area contributed by atoms with Crippen LogP contribution in [0.4, 0.5) is 0 Å². The topological polar surface area (TPSA) is 143 Å². The second-order valence-electron chi connectivity index (χ2n) is 18.8. The number of aliphatic hydroxyl groups is 1. The molecule has 1 aromatic rings. The van der Waals surface area contributed by atoms with E-state index in [1.54, 1.807) is 12.5 Å². The molecule has 0 radical (unpaired) electrons. The Labute approximate surface area is 354 Å². The monoisotopic (exact) mass is 825 g/mol. The Balaban J connectivity index is 0. The van der Waals surface area contributed by atoms with E-state index in [0.717, 1.165) is 38.5 Å². The van der Waals surface area contributed by atoms with E-state index in [2.05, 4.69) is 16.5 Å². The summed E-state index contributed by atoms with van der Waals surface area (Å²) in [5.74, 6) is -0.964. The van der Waals surface area contributed by atoms with Crippen LogP contribution in [0.25, 0.3) is 0 Å². The van der Waals surface area contributed by atoms with Crippen molar-refractivity contribution < 1.29 is 43.2 Å². The van der Waals surface area contributed by atoms with Crippen molar-refractivity contribution in [3.8, 4) is 0 Å². The van der Waals surface area contributed by atoms with Crippen LogP contribution >= 0.6 is 0 Å². The zero-order chi connectivity index (χ0) is 38.2. The maximum Gasteiger partial charge on any atom is 0.347 e. The van der Waals surface area contributed by atoms with Gasteiger partial charge in [0.1, 0.15) is 11.2 Å². The molecule has 0 spiro atoms. The first-order chi connectivity index (χ1) is 24.2. The molecule has 4 bridgehead atoms. The molecule has 1 saturated heterocycles. The van der Waals surface area contributed by atoms with Crippen LogP contribution in [0.2, 0.25) is 0 Å². The molecule has 1 aromatic heterocycles. The minimum absolute atomic E-state index is 0. The van der Waals surface area contributed by atoms with E-state index in [9.17, 15) is 24.3 Å². The van der Waals surface area contributed by atoms with E-state index in [1.165, 1.54) is 0 Å². The van der Waals surface area contributed by atoms with E-state index < -0.39 is 51.1 Å². The normalized spacial score (nSPS) is 27.6. The number of carbonyl (C=O) groups excluding carboxylic acids is 4. The largest absolute Gasteiger partial charge is 0.463 e. The molecule has 11 heteroatoms. The number of imidazole rings is 1. The van der Waals surface area contributed by atoms with Gasteiger partial charge in [-0.1, -0.05) is 58.4 Å². The van der Waals surface area contributed by atoms with Gasteiger partial charge in [0.25, 0.3) is 0 Å². The Kier molecular flexibility index (Phi) is 21.2. The summed E-state index contributed by atoms with van der Waals surface area (Å²) in [4.78, 5) is 58.9. The summed E-state index contributed by atoms with van der Waals surface area (Å²) < 4.78 is 25.4. The standard InChI is InChI=1S/C41H64N2O9.6CH4/c1-9-30(43-19-18-42-27-43)11-13-38(7,35(47)51-36(3,4)5)16-17-39(8,33(45)50-31-12-20-49-32(31)44)15-14-37(6,10-2)34(46)52-41-24-28-21-29(25-41)23-40(48,22-28)26-41;;;;;;/h18-19,27-31,48H,9-17,20-26H2,1-8H3;6*1H4. The van der Waals surface area contributed by atoms with Crippen LogP contribution < -0.4 is 0 Å². The molecule has 58 heavy (non-hydrogen) atoms. The lowest BCUT2D eigenvalue weighted by atomic mass is 9.52. The van der Waals surface area contributed by atoms with Gasteiger partial charge in [-0.3, -0.25) is 14.4 Å². The van der Waals surface area contributed by atoms with Crippen molar-refractivity contribution in [3.63, 3.8) is 0 Å². The van der Waals surface area contributed by atoms with Crippen LogP contribution in [0.5, 0.6) is 0 Å². The molecule has 0 amide bonds. The number of ether oxygens (including phenoxy) is 4. The Morgan fingerprint density at radius 2 is 1.40 bits per heavy atom. The molecule has 7 unspecified atom stereocenters. The highest BCUT2D eigenvalue weighted by Gasteiger charge is 2.60. The predicted octanol–water partition coefficient (Wildman–Crippen LogP) is 11.2. The second kappa shape index (κ2) is 21.5. The summed E-state index contributed by atoms with van der Waals surface area (Å²) >= 11 is 0. The zero-order valence-electron chi connectivity index (χ0n) is 33.0. The van der Waals surface area contributed by atoms with Gasteiger partial charge in [-0.15, -0.1) is 0 Å². The SMILES string of the molecule is C.C.C.C.C.C.CCC(CCC(C)(CCC(C)(CCC(C)(CC)C(=O)OC12CC3CC(CC(O)(C3)C1)C2)C(=O)OC1CCOC1=O)C(=O)OC(C)(C)C)n1ccnc1.